The highest BCUT2D eigenvalue weighted by atomic mass is 14.0. The van der Waals surface area contributed by atoms with Crippen LogP contribution in [0.4, 0.5) is 0 Å². The van der Waals surface area contributed by atoms with E-state index in [4.69, 9.17) is 0 Å². The van der Waals surface area contributed by atoms with E-state index in [9.17, 15) is 0 Å². The van der Waals surface area contributed by atoms with Gasteiger partial charge in [-0.2, -0.15) is 0 Å². The summed E-state index contributed by atoms with van der Waals surface area (Å²) in [6, 6.07) is 6.77. The summed E-state index contributed by atoms with van der Waals surface area (Å²) in [6.07, 6.45) is 6.69. The molecule has 0 radical (unpaired) electrons. The minimum absolute atomic E-state index is 1.26. The molecule has 0 aliphatic rings. The Morgan fingerprint density at radius 3 is 2.50 bits per heavy atom. The van der Waals surface area contributed by atoms with Crippen LogP contribution in [0, 0.1) is 13.8 Å². The van der Waals surface area contributed by atoms with Gasteiger partial charge in [0.2, 0.25) is 0 Å². The second-order valence-electron chi connectivity index (χ2n) is 4.24. The summed E-state index contributed by atoms with van der Waals surface area (Å²) in [5.41, 5.74) is 4.38. The lowest BCUT2D eigenvalue weighted by atomic mass is 10.00. The number of hydrogen-bond donors (Lipinski definition) is 0. The smallest absolute Gasteiger partial charge is 0.0276 e. The first-order valence-electron chi connectivity index (χ1n) is 5.80. The molecule has 0 bridgehead atoms. The second kappa shape index (κ2) is 5.85. The van der Waals surface area contributed by atoms with Gasteiger partial charge in [-0.1, -0.05) is 49.9 Å². The van der Waals surface area contributed by atoms with Crippen LogP contribution in [0.5, 0.6) is 0 Å². The first-order valence-corrected chi connectivity index (χ1v) is 5.80. The number of unbranched alkanes of at least 4 members (excludes halogenated alkanes) is 3. The molecule has 0 saturated heterocycles. The Morgan fingerprint density at radius 1 is 1.00 bits per heavy atom. The molecular formula is C14H22. The van der Waals surface area contributed by atoms with Crippen LogP contribution in [0.2, 0.25) is 0 Å². The van der Waals surface area contributed by atoms with E-state index in [0.717, 1.165) is 0 Å². The van der Waals surface area contributed by atoms with Crippen molar-refractivity contribution in [2.24, 2.45) is 0 Å². The summed E-state index contributed by atoms with van der Waals surface area (Å²) in [6.45, 7) is 6.65. The van der Waals surface area contributed by atoms with Crippen LogP contribution >= 0.6 is 0 Å². The molecule has 0 aliphatic carbocycles. The molecule has 0 heterocycles. The molecule has 0 nitrogen and oxygen atoms in total. The molecule has 0 saturated carbocycles. The van der Waals surface area contributed by atoms with E-state index in [1.54, 1.807) is 5.56 Å². The topological polar surface area (TPSA) is 0 Å². The summed E-state index contributed by atoms with van der Waals surface area (Å²) < 4.78 is 0. The van der Waals surface area contributed by atoms with Crippen molar-refractivity contribution in [1.82, 2.24) is 0 Å². The summed E-state index contributed by atoms with van der Waals surface area (Å²) >= 11 is 0. The normalized spacial score (nSPS) is 10.5. The predicted molar refractivity (Wildman–Crippen MR) is 63.8 cm³/mol. The third kappa shape index (κ3) is 3.53. The molecule has 0 unspecified atom stereocenters. The van der Waals surface area contributed by atoms with Crippen LogP contribution in [-0.4, -0.2) is 0 Å². The van der Waals surface area contributed by atoms with Crippen LogP contribution < -0.4 is 0 Å². The highest BCUT2D eigenvalue weighted by Gasteiger charge is 1.98. The van der Waals surface area contributed by atoms with E-state index in [2.05, 4.69) is 39.0 Å². The van der Waals surface area contributed by atoms with Crippen LogP contribution in [0.25, 0.3) is 0 Å². The molecule has 0 aromatic heterocycles. The molecule has 0 heteroatoms. The van der Waals surface area contributed by atoms with E-state index in [-0.39, 0.29) is 0 Å². The molecule has 78 valence electrons. The summed E-state index contributed by atoms with van der Waals surface area (Å²) in [5.74, 6) is 0. The zero-order valence-electron chi connectivity index (χ0n) is 9.77. The Kier molecular flexibility index (Phi) is 4.72. The Morgan fingerprint density at radius 2 is 1.79 bits per heavy atom. The average Bonchev–Trinajstić information content (AvgIpc) is 2.18. The number of hydrogen-bond acceptors (Lipinski definition) is 0. The molecule has 0 spiro atoms. The molecule has 14 heavy (non-hydrogen) atoms. The fourth-order valence-corrected chi connectivity index (χ4v) is 1.81. The van der Waals surface area contributed by atoms with Gasteiger partial charge < -0.3 is 0 Å². The largest absolute Gasteiger partial charge is 0.0654 e. The van der Waals surface area contributed by atoms with Crippen LogP contribution in [0.1, 0.15) is 49.3 Å². The van der Waals surface area contributed by atoms with Gasteiger partial charge in [0.25, 0.3) is 0 Å². The first kappa shape index (κ1) is 11.3. The number of aryl methyl sites for hydroxylation is 3. The average molecular weight is 190 g/mol. The van der Waals surface area contributed by atoms with E-state index >= 15 is 0 Å². The molecule has 1 aromatic carbocycles. The Labute approximate surface area is 88.4 Å². The van der Waals surface area contributed by atoms with Crippen molar-refractivity contribution in [2.75, 3.05) is 0 Å². The maximum Gasteiger partial charge on any atom is -0.0276 e. The fraction of sp³-hybridized carbons (Fsp3) is 0.571. The third-order valence-corrected chi connectivity index (χ3v) is 2.80. The van der Waals surface area contributed by atoms with Crippen molar-refractivity contribution in [1.29, 1.82) is 0 Å². The van der Waals surface area contributed by atoms with Gasteiger partial charge in [0.05, 0.1) is 0 Å². The zero-order chi connectivity index (χ0) is 10.4. The quantitative estimate of drug-likeness (QED) is 0.603. The van der Waals surface area contributed by atoms with E-state index in [1.165, 1.54) is 43.2 Å². The van der Waals surface area contributed by atoms with Gasteiger partial charge in [-0.15, -0.1) is 0 Å². The number of rotatable bonds is 5. The molecule has 1 aromatic rings. The molecule has 1 rings (SSSR count). The third-order valence-electron chi connectivity index (χ3n) is 2.80. The SMILES string of the molecule is CCCCCCc1cc(C)ccc1C. The highest BCUT2D eigenvalue weighted by Crippen LogP contribution is 2.14. The lowest BCUT2D eigenvalue weighted by molar-refractivity contribution is 0.665. The molecule has 0 fully saturated rings. The first-order chi connectivity index (χ1) is 6.74. The van der Waals surface area contributed by atoms with Crippen LogP contribution in [-0.2, 0) is 6.42 Å². The lowest BCUT2D eigenvalue weighted by Gasteiger charge is -2.06. The monoisotopic (exact) mass is 190 g/mol. The lowest BCUT2D eigenvalue weighted by Crippen LogP contribution is -1.91. The minimum atomic E-state index is 1.26. The molecule has 0 aliphatic heterocycles. The molecule has 0 atom stereocenters. The van der Waals surface area contributed by atoms with Gasteiger partial charge in [0.1, 0.15) is 0 Å². The summed E-state index contributed by atoms with van der Waals surface area (Å²) in [4.78, 5) is 0. The van der Waals surface area contributed by atoms with Crippen molar-refractivity contribution in [3.05, 3.63) is 34.9 Å². The van der Waals surface area contributed by atoms with Gasteiger partial charge >= 0.3 is 0 Å². The van der Waals surface area contributed by atoms with Gasteiger partial charge in [-0.25, -0.2) is 0 Å². The maximum absolute atomic E-state index is 2.33. The van der Waals surface area contributed by atoms with Gasteiger partial charge in [0.15, 0.2) is 0 Å². The predicted octanol–water partition coefficient (Wildman–Crippen LogP) is 4.43. The van der Waals surface area contributed by atoms with E-state index in [1.807, 2.05) is 0 Å². The Bertz CT molecular complexity index is 273. The van der Waals surface area contributed by atoms with Crippen molar-refractivity contribution in [3.8, 4) is 0 Å². The van der Waals surface area contributed by atoms with Crippen molar-refractivity contribution in [2.45, 2.75) is 52.9 Å². The summed E-state index contributed by atoms with van der Waals surface area (Å²) in [7, 11) is 0. The summed E-state index contributed by atoms with van der Waals surface area (Å²) in [5, 5.41) is 0. The van der Waals surface area contributed by atoms with Gasteiger partial charge in [-0.05, 0) is 37.8 Å². The van der Waals surface area contributed by atoms with Crippen molar-refractivity contribution >= 4 is 0 Å². The minimum Gasteiger partial charge on any atom is -0.0654 e. The molecular weight excluding hydrogens is 168 g/mol. The fourth-order valence-electron chi connectivity index (χ4n) is 1.81. The maximum atomic E-state index is 2.33. The van der Waals surface area contributed by atoms with Crippen molar-refractivity contribution in [3.63, 3.8) is 0 Å². The Balaban J connectivity index is 2.45. The second-order valence-corrected chi connectivity index (χ2v) is 4.24. The Hall–Kier alpha value is -0.780. The van der Waals surface area contributed by atoms with E-state index < -0.39 is 0 Å². The van der Waals surface area contributed by atoms with Crippen LogP contribution in [0.15, 0.2) is 18.2 Å². The zero-order valence-corrected chi connectivity index (χ0v) is 9.77. The molecule has 0 amide bonds. The van der Waals surface area contributed by atoms with Crippen LogP contribution in [0.3, 0.4) is 0 Å². The van der Waals surface area contributed by atoms with Gasteiger partial charge in [0, 0.05) is 0 Å². The highest BCUT2D eigenvalue weighted by molar-refractivity contribution is 5.30. The number of benzene rings is 1. The standard InChI is InChI=1S/C14H22/c1-4-5-6-7-8-14-11-12(2)9-10-13(14)3/h9-11H,4-8H2,1-3H3. The van der Waals surface area contributed by atoms with Crippen molar-refractivity contribution < 1.29 is 0 Å². The molecule has 0 N–H and O–H groups in total. The van der Waals surface area contributed by atoms with E-state index in [0.29, 0.717) is 0 Å². The van der Waals surface area contributed by atoms with Gasteiger partial charge in [-0.3, -0.25) is 0 Å².